The highest BCUT2D eigenvalue weighted by atomic mass is 16.2. The van der Waals surface area contributed by atoms with Crippen LogP contribution in [0.25, 0.3) is 0 Å². The highest BCUT2D eigenvalue weighted by Crippen LogP contribution is 2.19. The largest absolute Gasteiger partial charge is 0.366 e. The first-order valence-corrected chi connectivity index (χ1v) is 5.68. The molecule has 1 aliphatic carbocycles. The van der Waals surface area contributed by atoms with Crippen molar-refractivity contribution in [1.82, 2.24) is 5.32 Å². The van der Waals surface area contributed by atoms with Gasteiger partial charge in [0.05, 0.1) is 0 Å². The number of hydrogen-bond donors (Lipinski definition) is 2. The normalized spacial score (nSPS) is 14.4. The molecule has 1 aromatic rings. The minimum absolute atomic E-state index is 0.00762. The van der Waals surface area contributed by atoms with E-state index in [9.17, 15) is 9.59 Å². The monoisotopic (exact) mass is 231 g/mol. The number of carbonyl (C=O) groups is 2. The van der Waals surface area contributed by atoms with Gasteiger partial charge in [-0.15, -0.1) is 0 Å². The van der Waals surface area contributed by atoms with Crippen LogP contribution >= 0.6 is 0 Å². The summed E-state index contributed by atoms with van der Waals surface area (Å²) in [5.74, 6) is -0.480. The highest BCUT2D eigenvalue weighted by molar-refractivity contribution is 5.95. The van der Waals surface area contributed by atoms with Crippen LogP contribution in [0.15, 0.2) is 24.3 Å². The number of primary amides is 1. The molecule has 0 bridgehead atoms. The topological polar surface area (TPSA) is 72.2 Å². The van der Waals surface area contributed by atoms with Crippen LogP contribution in [0, 0.1) is 6.42 Å². The average Bonchev–Trinajstić information content (AvgIpc) is 3.10. The predicted molar refractivity (Wildman–Crippen MR) is 64.1 cm³/mol. The zero-order valence-corrected chi connectivity index (χ0v) is 9.48. The van der Waals surface area contributed by atoms with Gasteiger partial charge in [-0.25, -0.2) is 0 Å². The summed E-state index contributed by atoms with van der Waals surface area (Å²) >= 11 is 0. The summed E-state index contributed by atoms with van der Waals surface area (Å²) in [4.78, 5) is 22.6. The van der Waals surface area contributed by atoms with E-state index in [4.69, 9.17) is 5.73 Å². The quantitative estimate of drug-likeness (QED) is 0.793. The molecule has 1 saturated carbocycles. The van der Waals surface area contributed by atoms with E-state index in [2.05, 4.69) is 5.32 Å². The van der Waals surface area contributed by atoms with Gasteiger partial charge in [-0.1, -0.05) is 18.2 Å². The van der Waals surface area contributed by atoms with Gasteiger partial charge in [-0.2, -0.15) is 0 Å². The summed E-state index contributed by atoms with van der Waals surface area (Å²) in [7, 11) is 0. The fourth-order valence-electron chi connectivity index (χ4n) is 1.62. The minimum atomic E-state index is -0.473. The molecule has 17 heavy (non-hydrogen) atoms. The third-order valence-electron chi connectivity index (χ3n) is 2.68. The lowest BCUT2D eigenvalue weighted by molar-refractivity contribution is -0.120. The van der Waals surface area contributed by atoms with Gasteiger partial charge < -0.3 is 11.1 Å². The molecule has 0 unspecified atom stereocenters. The van der Waals surface area contributed by atoms with Crippen molar-refractivity contribution < 1.29 is 9.59 Å². The molecule has 0 atom stereocenters. The first-order valence-electron chi connectivity index (χ1n) is 5.68. The van der Waals surface area contributed by atoms with E-state index in [1.54, 1.807) is 24.6 Å². The lowest BCUT2D eigenvalue weighted by Gasteiger charge is -2.06. The van der Waals surface area contributed by atoms with Crippen molar-refractivity contribution in [2.75, 3.05) is 0 Å². The van der Waals surface area contributed by atoms with Crippen molar-refractivity contribution in [3.8, 4) is 0 Å². The van der Waals surface area contributed by atoms with Crippen molar-refractivity contribution in [3.05, 3.63) is 41.8 Å². The average molecular weight is 231 g/mol. The van der Waals surface area contributed by atoms with Crippen LogP contribution < -0.4 is 11.1 Å². The fraction of sp³-hybridized carbons (Fsp3) is 0.308. The van der Waals surface area contributed by atoms with Gasteiger partial charge in [0.1, 0.15) is 0 Å². The van der Waals surface area contributed by atoms with Gasteiger partial charge in [-0.3, -0.25) is 9.59 Å². The first-order chi connectivity index (χ1) is 8.16. The maximum Gasteiger partial charge on any atom is 0.248 e. The third kappa shape index (κ3) is 3.31. The summed E-state index contributed by atoms with van der Waals surface area (Å²) in [6, 6.07) is 7.37. The smallest absolute Gasteiger partial charge is 0.248 e. The van der Waals surface area contributed by atoms with Gasteiger partial charge in [0.25, 0.3) is 0 Å². The number of rotatable bonds is 5. The molecule has 1 radical (unpaired) electrons. The van der Waals surface area contributed by atoms with E-state index in [1.165, 1.54) is 0 Å². The Kier molecular flexibility index (Phi) is 3.42. The Morgan fingerprint density at radius 1 is 1.35 bits per heavy atom. The molecule has 4 heteroatoms. The third-order valence-corrected chi connectivity index (χ3v) is 2.68. The SMILES string of the molecule is NC(=O)c1ccccc1[CH]CC(=O)NC1CC1. The molecule has 3 N–H and O–H groups in total. The van der Waals surface area contributed by atoms with Gasteiger partial charge in [0.2, 0.25) is 11.8 Å². The molecule has 89 valence electrons. The maximum atomic E-state index is 11.5. The molecule has 1 aliphatic rings. The number of benzene rings is 1. The van der Waals surface area contributed by atoms with Gasteiger partial charge >= 0.3 is 0 Å². The van der Waals surface area contributed by atoms with Crippen LogP contribution in [-0.2, 0) is 4.79 Å². The highest BCUT2D eigenvalue weighted by Gasteiger charge is 2.23. The zero-order valence-electron chi connectivity index (χ0n) is 9.48. The van der Waals surface area contributed by atoms with Crippen molar-refractivity contribution in [1.29, 1.82) is 0 Å². The van der Waals surface area contributed by atoms with Crippen molar-refractivity contribution in [2.45, 2.75) is 25.3 Å². The molecule has 0 spiro atoms. The fourth-order valence-corrected chi connectivity index (χ4v) is 1.62. The van der Waals surface area contributed by atoms with E-state index in [-0.39, 0.29) is 12.3 Å². The Labute approximate surface area is 100 Å². The number of nitrogens with two attached hydrogens (primary N) is 1. The summed E-state index contributed by atoms with van der Waals surface area (Å²) in [6.45, 7) is 0. The summed E-state index contributed by atoms with van der Waals surface area (Å²) in [6.07, 6.45) is 4.16. The van der Waals surface area contributed by atoms with Gasteiger partial charge in [0.15, 0.2) is 0 Å². The van der Waals surface area contributed by atoms with E-state index in [0.29, 0.717) is 17.2 Å². The van der Waals surface area contributed by atoms with E-state index >= 15 is 0 Å². The van der Waals surface area contributed by atoms with E-state index in [1.807, 2.05) is 6.07 Å². The number of hydrogen-bond acceptors (Lipinski definition) is 2. The van der Waals surface area contributed by atoms with Crippen LogP contribution in [0.2, 0.25) is 0 Å². The second kappa shape index (κ2) is 4.99. The van der Waals surface area contributed by atoms with Crippen LogP contribution in [-0.4, -0.2) is 17.9 Å². The Bertz CT molecular complexity index is 439. The zero-order chi connectivity index (χ0) is 12.3. The molecule has 2 rings (SSSR count). The molecule has 1 aromatic carbocycles. The number of nitrogens with one attached hydrogen (secondary N) is 1. The number of carbonyl (C=O) groups excluding carboxylic acids is 2. The van der Waals surface area contributed by atoms with Crippen molar-refractivity contribution in [2.24, 2.45) is 5.73 Å². The van der Waals surface area contributed by atoms with E-state index in [0.717, 1.165) is 12.8 Å². The molecule has 0 heterocycles. The van der Waals surface area contributed by atoms with Crippen LogP contribution in [0.1, 0.15) is 35.2 Å². The summed E-state index contributed by atoms with van der Waals surface area (Å²) < 4.78 is 0. The second-order valence-corrected chi connectivity index (χ2v) is 4.20. The van der Waals surface area contributed by atoms with Gasteiger partial charge in [-0.05, 0) is 24.5 Å². The Morgan fingerprint density at radius 3 is 2.71 bits per heavy atom. The minimum Gasteiger partial charge on any atom is -0.366 e. The predicted octanol–water partition coefficient (Wildman–Crippen LogP) is 1.01. The molecule has 0 aliphatic heterocycles. The molecule has 1 fully saturated rings. The molecular weight excluding hydrogens is 216 g/mol. The Balaban J connectivity index is 1.93. The van der Waals surface area contributed by atoms with Crippen molar-refractivity contribution >= 4 is 11.8 Å². The molecule has 2 amide bonds. The Morgan fingerprint density at radius 2 is 2.06 bits per heavy atom. The Hall–Kier alpha value is -1.84. The van der Waals surface area contributed by atoms with E-state index < -0.39 is 5.91 Å². The second-order valence-electron chi connectivity index (χ2n) is 4.20. The van der Waals surface area contributed by atoms with Gasteiger partial charge in [0, 0.05) is 24.4 Å². The summed E-state index contributed by atoms with van der Waals surface area (Å²) in [5, 5.41) is 2.89. The summed E-state index contributed by atoms with van der Waals surface area (Å²) in [5.41, 5.74) is 6.42. The first kappa shape index (κ1) is 11.6. The van der Waals surface area contributed by atoms with Crippen molar-refractivity contribution in [3.63, 3.8) is 0 Å². The molecule has 4 nitrogen and oxygen atoms in total. The molecule has 0 aromatic heterocycles. The standard InChI is InChI=1S/C13H15N2O2/c14-13(17)11-4-2-1-3-9(11)5-8-12(16)15-10-6-7-10/h1-5,10H,6-8H2,(H2,14,17)(H,15,16). The maximum absolute atomic E-state index is 11.5. The molecule has 0 saturated heterocycles. The van der Waals surface area contributed by atoms with Crippen LogP contribution in [0.4, 0.5) is 0 Å². The lowest BCUT2D eigenvalue weighted by Crippen LogP contribution is -2.25. The van der Waals surface area contributed by atoms with Crippen LogP contribution in [0.3, 0.4) is 0 Å². The number of amides is 2. The van der Waals surface area contributed by atoms with Crippen LogP contribution in [0.5, 0.6) is 0 Å². The molecular formula is C13H15N2O2. The lowest BCUT2D eigenvalue weighted by atomic mass is 10.0.